The van der Waals surface area contributed by atoms with Crippen LogP contribution < -0.4 is 15.1 Å². The molecule has 0 spiro atoms. The average Bonchev–Trinajstić information content (AvgIpc) is 3.01. The first kappa shape index (κ1) is 10.3. The second kappa shape index (κ2) is 4.55. The average molecular weight is 239 g/mol. The lowest BCUT2D eigenvalue weighted by atomic mass is 10.3. The van der Waals surface area contributed by atoms with Gasteiger partial charge in [-0.2, -0.15) is 8.75 Å². The molecular weight excluding hydrogens is 222 g/mol. The minimum absolute atomic E-state index is 1.05. The predicted octanol–water partition coefficient (Wildman–Crippen LogP) is 0.548. The first-order valence-electron chi connectivity index (χ1n) is 5.98. The molecule has 0 atom stereocenters. The Morgan fingerprint density at radius 1 is 0.875 bits per heavy atom. The summed E-state index contributed by atoms with van der Waals surface area (Å²) >= 11 is 1.34. The van der Waals surface area contributed by atoms with E-state index in [4.69, 9.17) is 0 Å². The number of hydrogen-bond donors (Lipinski definition) is 1. The molecule has 2 aliphatic heterocycles. The van der Waals surface area contributed by atoms with Crippen LogP contribution in [0.15, 0.2) is 0 Å². The fourth-order valence-electron chi connectivity index (χ4n) is 2.38. The van der Waals surface area contributed by atoms with Crippen molar-refractivity contribution >= 4 is 23.4 Å². The lowest BCUT2D eigenvalue weighted by Gasteiger charge is -2.29. The van der Waals surface area contributed by atoms with E-state index >= 15 is 0 Å². The Morgan fingerprint density at radius 2 is 1.44 bits per heavy atom. The molecule has 3 rings (SSSR count). The van der Waals surface area contributed by atoms with E-state index < -0.39 is 0 Å². The molecule has 3 heterocycles. The molecule has 1 aromatic rings. The molecule has 0 aromatic carbocycles. The van der Waals surface area contributed by atoms with Crippen molar-refractivity contribution in [3.05, 3.63) is 0 Å². The fraction of sp³-hybridized carbons (Fsp3) is 0.800. The number of rotatable bonds is 2. The van der Waals surface area contributed by atoms with Crippen molar-refractivity contribution in [3.63, 3.8) is 0 Å². The van der Waals surface area contributed by atoms with E-state index in [9.17, 15) is 0 Å². The number of anilines is 2. The molecule has 0 unspecified atom stereocenters. The van der Waals surface area contributed by atoms with Gasteiger partial charge < -0.3 is 15.1 Å². The molecular formula is C10H17N5S. The molecule has 0 radical (unpaired) electrons. The first-order valence-corrected chi connectivity index (χ1v) is 6.71. The molecule has 1 N–H and O–H groups in total. The molecule has 0 bridgehead atoms. The lowest BCUT2D eigenvalue weighted by molar-refractivity contribution is 0.586. The van der Waals surface area contributed by atoms with E-state index in [2.05, 4.69) is 23.9 Å². The standard InChI is InChI=1S/C10H17N5S/c1-2-6-14(5-1)9-10(13-16-12-9)15-7-3-11-4-8-15/h11H,1-8H2. The maximum atomic E-state index is 4.47. The van der Waals surface area contributed by atoms with Crippen molar-refractivity contribution in [2.45, 2.75) is 12.8 Å². The molecule has 2 fully saturated rings. The van der Waals surface area contributed by atoms with Gasteiger partial charge in [0.2, 0.25) is 0 Å². The molecule has 88 valence electrons. The van der Waals surface area contributed by atoms with E-state index in [-0.39, 0.29) is 0 Å². The summed E-state index contributed by atoms with van der Waals surface area (Å²) in [6.07, 6.45) is 2.58. The molecule has 0 amide bonds. The highest BCUT2D eigenvalue weighted by Crippen LogP contribution is 2.29. The van der Waals surface area contributed by atoms with Gasteiger partial charge in [-0.1, -0.05) is 0 Å². The highest BCUT2D eigenvalue weighted by Gasteiger charge is 2.23. The zero-order valence-corrected chi connectivity index (χ0v) is 10.2. The van der Waals surface area contributed by atoms with Crippen LogP contribution in [-0.2, 0) is 0 Å². The summed E-state index contributed by atoms with van der Waals surface area (Å²) in [6, 6.07) is 0. The number of hydrogen-bond acceptors (Lipinski definition) is 6. The van der Waals surface area contributed by atoms with Gasteiger partial charge in [-0.05, 0) is 12.8 Å². The van der Waals surface area contributed by atoms with Crippen LogP contribution in [0.4, 0.5) is 11.6 Å². The molecule has 2 aliphatic rings. The maximum absolute atomic E-state index is 4.47. The monoisotopic (exact) mass is 239 g/mol. The molecule has 0 aliphatic carbocycles. The first-order chi connectivity index (χ1) is 7.95. The van der Waals surface area contributed by atoms with Crippen LogP contribution >= 0.6 is 11.7 Å². The van der Waals surface area contributed by atoms with Crippen molar-refractivity contribution in [2.75, 3.05) is 49.1 Å². The van der Waals surface area contributed by atoms with Gasteiger partial charge in [-0.3, -0.25) is 0 Å². The fourth-order valence-corrected chi connectivity index (χ4v) is 2.97. The van der Waals surface area contributed by atoms with Crippen LogP contribution in [0.25, 0.3) is 0 Å². The number of nitrogens with one attached hydrogen (secondary N) is 1. The van der Waals surface area contributed by atoms with Crippen molar-refractivity contribution in [2.24, 2.45) is 0 Å². The highest BCUT2D eigenvalue weighted by molar-refractivity contribution is 6.99. The molecule has 16 heavy (non-hydrogen) atoms. The van der Waals surface area contributed by atoms with Gasteiger partial charge in [0.05, 0.1) is 11.7 Å². The molecule has 6 heteroatoms. The zero-order chi connectivity index (χ0) is 10.8. The van der Waals surface area contributed by atoms with Crippen molar-refractivity contribution < 1.29 is 0 Å². The van der Waals surface area contributed by atoms with Gasteiger partial charge in [0.25, 0.3) is 0 Å². The molecule has 0 saturated carbocycles. The van der Waals surface area contributed by atoms with Gasteiger partial charge in [-0.15, -0.1) is 0 Å². The summed E-state index contributed by atoms with van der Waals surface area (Å²) in [6.45, 7) is 6.49. The van der Waals surface area contributed by atoms with Gasteiger partial charge >= 0.3 is 0 Å². The van der Waals surface area contributed by atoms with Gasteiger partial charge in [0.1, 0.15) is 0 Å². The van der Waals surface area contributed by atoms with Crippen molar-refractivity contribution in [3.8, 4) is 0 Å². The van der Waals surface area contributed by atoms with Crippen molar-refractivity contribution in [1.82, 2.24) is 14.1 Å². The summed E-state index contributed by atoms with van der Waals surface area (Å²) < 4.78 is 8.94. The summed E-state index contributed by atoms with van der Waals surface area (Å²) in [5.41, 5.74) is 0. The minimum Gasteiger partial charge on any atom is -0.353 e. The normalized spacial score (nSPS) is 21.8. The number of aromatic nitrogens is 2. The summed E-state index contributed by atoms with van der Waals surface area (Å²) in [5, 5.41) is 3.37. The lowest BCUT2D eigenvalue weighted by Crippen LogP contribution is -2.44. The third-order valence-corrected chi connectivity index (χ3v) is 3.79. The number of piperazine rings is 1. The zero-order valence-electron chi connectivity index (χ0n) is 9.35. The molecule has 5 nitrogen and oxygen atoms in total. The highest BCUT2D eigenvalue weighted by atomic mass is 32.1. The summed E-state index contributed by atoms with van der Waals surface area (Å²) in [7, 11) is 0. The van der Waals surface area contributed by atoms with Crippen LogP contribution in [0, 0.1) is 0 Å². The second-order valence-electron chi connectivity index (χ2n) is 4.34. The van der Waals surface area contributed by atoms with E-state index in [1.54, 1.807) is 0 Å². The van der Waals surface area contributed by atoms with Crippen LogP contribution in [0.2, 0.25) is 0 Å². The van der Waals surface area contributed by atoms with Gasteiger partial charge in [0.15, 0.2) is 11.6 Å². The Hall–Kier alpha value is -0.880. The van der Waals surface area contributed by atoms with E-state index in [0.29, 0.717) is 0 Å². The van der Waals surface area contributed by atoms with E-state index in [0.717, 1.165) is 50.9 Å². The largest absolute Gasteiger partial charge is 0.353 e. The summed E-state index contributed by atoms with van der Waals surface area (Å²) in [5.74, 6) is 2.22. The minimum atomic E-state index is 1.05. The quantitative estimate of drug-likeness (QED) is 0.816. The Balaban J connectivity index is 1.80. The SMILES string of the molecule is C1CCN(c2nsnc2N2CCNCC2)C1. The van der Waals surface area contributed by atoms with Gasteiger partial charge in [-0.25, -0.2) is 0 Å². The number of nitrogens with zero attached hydrogens (tertiary/aromatic N) is 4. The third kappa shape index (κ3) is 1.87. The Bertz CT molecular complexity index is 341. The molecule has 2 saturated heterocycles. The Kier molecular flexibility index (Phi) is 2.92. The van der Waals surface area contributed by atoms with Crippen LogP contribution in [-0.4, -0.2) is 48.0 Å². The third-order valence-electron chi connectivity index (χ3n) is 3.28. The smallest absolute Gasteiger partial charge is 0.187 e. The van der Waals surface area contributed by atoms with E-state index in [1.807, 2.05) is 0 Å². The predicted molar refractivity (Wildman–Crippen MR) is 66.4 cm³/mol. The maximum Gasteiger partial charge on any atom is 0.187 e. The second-order valence-corrected chi connectivity index (χ2v) is 4.87. The van der Waals surface area contributed by atoms with Crippen LogP contribution in [0.1, 0.15) is 12.8 Å². The van der Waals surface area contributed by atoms with E-state index in [1.165, 1.54) is 24.6 Å². The Morgan fingerprint density at radius 3 is 2.06 bits per heavy atom. The van der Waals surface area contributed by atoms with Crippen LogP contribution in [0.3, 0.4) is 0 Å². The Labute approximate surface area is 99.8 Å². The molecule has 1 aromatic heterocycles. The van der Waals surface area contributed by atoms with Gasteiger partial charge in [0, 0.05) is 39.3 Å². The van der Waals surface area contributed by atoms with Crippen LogP contribution in [0.5, 0.6) is 0 Å². The topological polar surface area (TPSA) is 44.3 Å². The summed E-state index contributed by atoms with van der Waals surface area (Å²) in [4.78, 5) is 4.73. The van der Waals surface area contributed by atoms with Crippen molar-refractivity contribution in [1.29, 1.82) is 0 Å².